The normalized spacial score (nSPS) is 11.4. The molecule has 7 nitrogen and oxygen atoms in total. The molecule has 168 valence electrons. The minimum Gasteiger partial charge on any atom is -0.439 e. The third-order valence-electron chi connectivity index (χ3n) is 4.88. The first-order valence-electron chi connectivity index (χ1n) is 9.84. The molecule has 3 rings (SSSR count). The number of pyridine rings is 1. The van der Waals surface area contributed by atoms with E-state index in [9.17, 15) is 17.6 Å². The van der Waals surface area contributed by atoms with Crippen LogP contribution in [-0.4, -0.2) is 37.2 Å². The Labute approximate surface area is 186 Å². The van der Waals surface area contributed by atoms with Crippen LogP contribution in [-0.2, 0) is 21.4 Å². The zero-order chi connectivity index (χ0) is 23.3. The van der Waals surface area contributed by atoms with Crippen molar-refractivity contribution in [2.75, 3.05) is 13.6 Å². The monoisotopic (exact) mass is 457 g/mol. The third kappa shape index (κ3) is 5.89. The van der Waals surface area contributed by atoms with Crippen molar-refractivity contribution < 1.29 is 22.3 Å². The fraction of sp³-hybridized carbons (Fsp3) is 0.217. The van der Waals surface area contributed by atoms with E-state index in [1.54, 1.807) is 24.3 Å². The van der Waals surface area contributed by atoms with Gasteiger partial charge in [0.1, 0.15) is 11.6 Å². The summed E-state index contributed by atoms with van der Waals surface area (Å²) in [5.41, 5.74) is 2.56. The molecule has 0 atom stereocenters. The van der Waals surface area contributed by atoms with Crippen LogP contribution in [0.15, 0.2) is 65.7 Å². The number of aryl methyl sites for hydroxylation is 2. The highest BCUT2D eigenvalue weighted by Crippen LogP contribution is 2.20. The Bertz CT molecular complexity index is 1210. The van der Waals surface area contributed by atoms with Crippen LogP contribution in [0, 0.1) is 19.7 Å². The predicted octanol–water partition coefficient (Wildman–Crippen LogP) is 3.57. The van der Waals surface area contributed by atoms with Gasteiger partial charge in [-0.1, -0.05) is 6.07 Å². The molecule has 9 heteroatoms. The van der Waals surface area contributed by atoms with Gasteiger partial charge in [0.2, 0.25) is 21.8 Å². The topological polar surface area (TPSA) is 88.6 Å². The van der Waals surface area contributed by atoms with Crippen LogP contribution in [0.5, 0.6) is 11.6 Å². The summed E-state index contributed by atoms with van der Waals surface area (Å²) >= 11 is 0. The Balaban J connectivity index is 1.58. The lowest BCUT2D eigenvalue weighted by Gasteiger charge is -2.17. The van der Waals surface area contributed by atoms with E-state index >= 15 is 0 Å². The van der Waals surface area contributed by atoms with E-state index in [0.717, 1.165) is 15.4 Å². The molecule has 3 aromatic rings. The van der Waals surface area contributed by atoms with Gasteiger partial charge in [0.05, 0.1) is 11.4 Å². The molecule has 0 aliphatic heterocycles. The number of carbonyl (C=O) groups excluding carboxylic acids is 1. The summed E-state index contributed by atoms with van der Waals surface area (Å²) in [6.45, 7) is 3.58. The van der Waals surface area contributed by atoms with Gasteiger partial charge in [0, 0.05) is 25.9 Å². The first-order valence-corrected chi connectivity index (χ1v) is 11.3. The number of ether oxygens (including phenoxy) is 1. The molecule has 1 amide bonds. The molecular formula is C23H24FN3O4S. The first kappa shape index (κ1) is 23.4. The average molecular weight is 458 g/mol. The van der Waals surface area contributed by atoms with Gasteiger partial charge in [0.25, 0.3) is 0 Å². The predicted molar refractivity (Wildman–Crippen MR) is 118 cm³/mol. The van der Waals surface area contributed by atoms with Crippen LogP contribution in [0.1, 0.15) is 16.7 Å². The molecule has 32 heavy (non-hydrogen) atoms. The molecule has 0 aliphatic rings. The van der Waals surface area contributed by atoms with E-state index < -0.39 is 15.9 Å². The van der Waals surface area contributed by atoms with Gasteiger partial charge in [-0.25, -0.2) is 17.8 Å². The number of hydrogen-bond acceptors (Lipinski definition) is 5. The standard InChI is InChI=1S/C23H24FN3O4S/c1-16-4-9-21(12-17(16)2)32(29,30)27(3)15-22(28)26-14-18-10-11-25-23(13-18)31-20-7-5-19(24)6-8-20/h4-13H,14-15H2,1-3H3,(H,26,28). The lowest BCUT2D eigenvalue weighted by molar-refractivity contribution is -0.121. The van der Waals surface area contributed by atoms with Crippen LogP contribution in [0.3, 0.4) is 0 Å². The molecule has 1 N–H and O–H groups in total. The van der Waals surface area contributed by atoms with Crippen LogP contribution < -0.4 is 10.1 Å². The molecule has 1 heterocycles. The Morgan fingerprint density at radius 2 is 1.78 bits per heavy atom. The van der Waals surface area contributed by atoms with Gasteiger partial charge in [-0.2, -0.15) is 4.31 Å². The summed E-state index contributed by atoms with van der Waals surface area (Å²) < 4.78 is 45.1. The van der Waals surface area contributed by atoms with Gasteiger partial charge < -0.3 is 10.1 Å². The summed E-state index contributed by atoms with van der Waals surface area (Å²) in [4.78, 5) is 16.6. The average Bonchev–Trinajstić information content (AvgIpc) is 2.76. The Hall–Kier alpha value is -3.30. The molecule has 0 fully saturated rings. The van der Waals surface area contributed by atoms with E-state index in [4.69, 9.17) is 4.74 Å². The molecule has 1 aromatic heterocycles. The van der Waals surface area contributed by atoms with Crippen molar-refractivity contribution in [3.63, 3.8) is 0 Å². The van der Waals surface area contributed by atoms with Crippen molar-refractivity contribution in [2.45, 2.75) is 25.3 Å². The quantitative estimate of drug-likeness (QED) is 0.559. The van der Waals surface area contributed by atoms with E-state index in [1.165, 1.54) is 43.6 Å². The number of amides is 1. The van der Waals surface area contributed by atoms with Gasteiger partial charge in [-0.3, -0.25) is 4.79 Å². The Morgan fingerprint density at radius 3 is 2.47 bits per heavy atom. The maximum atomic E-state index is 13.0. The van der Waals surface area contributed by atoms with Crippen molar-refractivity contribution in [1.82, 2.24) is 14.6 Å². The maximum absolute atomic E-state index is 13.0. The lowest BCUT2D eigenvalue weighted by Crippen LogP contribution is -2.38. The minimum atomic E-state index is -3.78. The van der Waals surface area contributed by atoms with E-state index in [0.29, 0.717) is 11.3 Å². The van der Waals surface area contributed by atoms with Crippen molar-refractivity contribution in [2.24, 2.45) is 0 Å². The number of nitrogens with zero attached hydrogens (tertiary/aromatic N) is 2. The summed E-state index contributed by atoms with van der Waals surface area (Å²) in [5, 5.41) is 2.69. The molecule has 0 saturated heterocycles. The van der Waals surface area contributed by atoms with Gasteiger partial charge >= 0.3 is 0 Å². The summed E-state index contributed by atoms with van der Waals surface area (Å²) in [7, 11) is -2.42. The van der Waals surface area contributed by atoms with Gasteiger partial charge in [-0.05, 0) is 73.0 Å². The lowest BCUT2D eigenvalue weighted by atomic mass is 10.1. The number of carbonyl (C=O) groups is 1. The highest BCUT2D eigenvalue weighted by atomic mass is 32.2. The fourth-order valence-electron chi connectivity index (χ4n) is 2.84. The molecule has 0 aliphatic carbocycles. The van der Waals surface area contributed by atoms with Crippen molar-refractivity contribution in [3.05, 3.63) is 83.3 Å². The van der Waals surface area contributed by atoms with Crippen LogP contribution in [0.2, 0.25) is 0 Å². The Kier molecular flexibility index (Phi) is 7.22. The highest BCUT2D eigenvalue weighted by molar-refractivity contribution is 7.89. The number of likely N-dealkylation sites (N-methyl/N-ethyl adjacent to an activating group) is 1. The van der Waals surface area contributed by atoms with Crippen LogP contribution in [0.4, 0.5) is 4.39 Å². The van der Waals surface area contributed by atoms with Gasteiger partial charge in [-0.15, -0.1) is 0 Å². The van der Waals surface area contributed by atoms with E-state index in [-0.39, 0.29) is 29.7 Å². The third-order valence-corrected chi connectivity index (χ3v) is 6.68. The molecular weight excluding hydrogens is 433 g/mol. The second kappa shape index (κ2) is 9.88. The second-order valence-electron chi connectivity index (χ2n) is 7.34. The molecule has 2 aromatic carbocycles. The second-order valence-corrected chi connectivity index (χ2v) is 9.39. The largest absolute Gasteiger partial charge is 0.439 e. The molecule has 0 saturated carbocycles. The minimum absolute atomic E-state index is 0.146. The number of benzene rings is 2. The zero-order valence-electron chi connectivity index (χ0n) is 18.0. The smallest absolute Gasteiger partial charge is 0.243 e. The van der Waals surface area contributed by atoms with E-state index in [2.05, 4.69) is 10.3 Å². The van der Waals surface area contributed by atoms with Crippen LogP contribution >= 0.6 is 0 Å². The van der Waals surface area contributed by atoms with Crippen molar-refractivity contribution in [1.29, 1.82) is 0 Å². The highest BCUT2D eigenvalue weighted by Gasteiger charge is 2.23. The van der Waals surface area contributed by atoms with Gasteiger partial charge in [0.15, 0.2) is 0 Å². The summed E-state index contributed by atoms with van der Waals surface area (Å²) in [6.07, 6.45) is 1.52. The van der Waals surface area contributed by atoms with Crippen LogP contribution in [0.25, 0.3) is 0 Å². The first-order chi connectivity index (χ1) is 15.1. The SMILES string of the molecule is Cc1ccc(S(=O)(=O)N(C)CC(=O)NCc2ccnc(Oc3ccc(F)cc3)c2)cc1C. The maximum Gasteiger partial charge on any atom is 0.243 e. The molecule has 0 unspecified atom stereocenters. The van der Waals surface area contributed by atoms with Crippen molar-refractivity contribution >= 4 is 15.9 Å². The fourth-order valence-corrected chi connectivity index (χ4v) is 4.05. The number of halogens is 1. The number of nitrogens with one attached hydrogen (secondary N) is 1. The number of aromatic nitrogens is 1. The number of sulfonamides is 1. The molecule has 0 bridgehead atoms. The summed E-state index contributed by atoms with van der Waals surface area (Å²) in [5.74, 6) is -0.0972. The Morgan fingerprint density at radius 1 is 1.06 bits per heavy atom. The molecule has 0 radical (unpaired) electrons. The summed E-state index contributed by atoms with van der Waals surface area (Å²) in [6, 6.07) is 13.7. The van der Waals surface area contributed by atoms with Crippen molar-refractivity contribution in [3.8, 4) is 11.6 Å². The zero-order valence-corrected chi connectivity index (χ0v) is 18.8. The number of hydrogen-bond donors (Lipinski definition) is 1. The van der Waals surface area contributed by atoms with E-state index in [1.807, 2.05) is 13.8 Å². The number of rotatable bonds is 8. The molecule has 0 spiro atoms.